The molecule has 1 saturated heterocycles. The summed E-state index contributed by atoms with van der Waals surface area (Å²) in [6.07, 6.45) is 14.8. The van der Waals surface area contributed by atoms with Gasteiger partial charge >= 0.3 is 5.97 Å². The molecule has 1 unspecified atom stereocenters. The summed E-state index contributed by atoms with van der Waals surface area (Å²) in [6.45, 7) is 2.16. The number of carbonyl (C=O) groups excluding carboxylic acids is 1. The molecule has 1 saturated carbocycles. The molecule has 0 aromatic carbocycles. The minimum Gasteiger partial charge on any atom is -0.466 e. The second-order valence-corrected chi connectivity index (χ2v) is 9.07. The summed E-state index contributed by atoms with van der Waals surface area (Å²) in [4.78, 5) is 11.1. The Hall–Kier alpha value is -0.780. The molecule has 2 aliphatic rings. The van der Waals surface area contributed by atoms with Crippen LogP contribution in [0.1, 0.15) is 58.3 Å². The lowest BCUT2D eigenvalue weighted by Crippen LogP contribution is -2.19. The van der Waals surface area contributed by atoms with Gasteiger partial charge in [-0.25, -0.2) is 4.79 Å². The van der Waals surface area contributed by atoms with Gasteiger partial charge in [-0.05, 0) is 38.0 Å². The van der Waals surface area contributed by atoms with E-state index in [1.165, 1.54) is 13.2 Å². The molecule has 2 N–H and O–H groups in total. The molecule has 0 amide bonds. The topological polar surface area (TPSA) is 66.8 Å². The number of thioether (sulfide) groups is 1. The van der Waals surface area contributed by atoms with Gasteiger partial charge in [0.25, 0.3) is 0 Å². The molecule has 0 aromatic heterocycles. The van der Waals surface area contributed by atoms with Crippen LogP contribution in [0.15, 0.2) is 24.3 Å². The maximum Gasteiger partial charge on any atom is 0.330 e. The number of aliphatic hydroxyl groups is 2. The zero-order valence-electron chi connectivity index (χ0n) is 16.0. The molecular formula is C21H34O4S. The van der Waals surface area contributed by atoms with E-state index in [1.54, 1.807) is 0 Å². The molecule has 1 aliphatic heterocycles. The number of esters is 1. The molecule has 4 nitrogen and oxygen atoms in total. The lowest BCUT2D eigenvalue weighted by atomic mass is 9.89. The largest absolute Gasteiger partial charge is 0.466 e. The van der Waals surface area contributed by atoms with Crippen molar-refractivity contribution in [3.05, 3.63) is 24.3 Å². The fourth-order valence-corrected chi connectivity index (χ4v) is 6.02. The number of rotatable bonds is 10. The summed E-state index contributed by atoms with van der Waals surface area (Å²) in [7, 11) is 1.39. The molecule has 5 heteroatoms. The van der Waals surface area contributed by atoms with Gasteiger partial charge in [0.15, 0.2) is 0 Å². The van der Waals surface area contributed by atoms with E-state index in [9.17, 15) is 15.0 Å². The Kier molecular flexibility index (Phi) is 9.23. The number of carbonyl (C=O) groups is 1. The first-order valence-corrected chi connectivity index (χ1v) is 10.9. The third kappa shape index (κ3) is 6.43. The van der Waals surface area contributed by atoms with Gasteiger partial charge in [0, 0.05) is 22.5 Å². The number of ether oxygens (including phenoxy) is 1. The van der Waals surface area contributed by atoms with Gasteiger partial charge in [0.05, 0.1) is 19.3 Å². The Balaban J connectivity index is 1.78. The van der Waals surface area contributed by atoms with Crippen molar-refractivity contribution in [1.29, 1.82) is 0 Å². The Morgan fingerprint density at radius 2 is 2.15 bits per heavy atom. The Bertz CT molecular complexity index is 490. The molecular weight excluding hydrogens is 348 g/mol. The van der Waals surface area contributed by atoms with Crippen LogP contribution in [0.2, 0.25) is 0 Å². The summed E-state index contributed by atoms with van der Waals surface area (Å²) in [5.41, 5.74) is 0. The number of unbranched alkanes of at least 4 members (excludes halogenated alkanes) is 2. The van der Waals surface area contributed by atoms with Crippen LogP contribution in [-0.2, 0) is 9.53 Å². The quantitative estimate of drug-likeness (QED) is 0.260. The van der Waals surface area contributed by atoms with E-state index in [0.717, 1.165) is 51.4 Å². The van der Waals surface area contributed by atoms with Crippen LogP contribution in [-0.4, -0.2) is 46.0 Å². The summed E-state index contributed by atoms with van der Waals surface area (Å²) < 4.78 is 4.60. The van der Waals surface area contributed by atoms with E-state index < -0.39 is 0 Å². The summed E-state index contributed by atoms with van der Waals surface area (Å²) in [5, 5.41) is 21.6. The first kappa shape index (κ1) is 21.5. The monoisotopic (exact) mass is 382 g/mol. The summed E-state index contributed by atoms with van der Waals surface area (Å²) >= 11 is 2.00. The first-order chi connectivity index (χ1) is 12.5. The van der Waals surface area contributed by atoms with Crippen molar-refractivity contribution in [1.82, 2.24) is 0 Å². The van der Waals surface area contributed by atoms with Gasteiger partial charge in [0.2, 0.25) is 0 Å². The molecule has 1 heterocycles. The van der Waals surface area contributed by atoms with E-state index in [-0.39, 0.29) is 24.1 Å². The van der Waals surface area contributed by atoms with Crippen molar-refractivity contribution in [2.45, 2.75) is 81.0 Å². The lowest BCUT2D eigenvalue weighted by Gasteiger charge is -2.18. The van der Waals surface area contributed by atoms with E-state index in [2.05, 4.69) is 17.7 Å². The Morgan fingerprint density at radius 3 is 2.88 bits per heavy atom. The van der Waals surface area contributed by atoms with Crippen LogP contribution in [0.3, 0.4) is 0 Å². The zero-order valence-corrected chi connectivity index (χ0v) is 16.9. The predicted octanol–water partition coefficient (Wildman–Crippen LogP) is 3.86. The molecule has 6 atom stereocenters. The van der Waals surface area contributed by atoms with Crippen LogP contribution >= 0.6 is 11.8 Å². The third-order valence-corrected chi connectivity index (χ3v) is 7.27. The van der Waals surface area contributed by atoms with Crippen LogP contribution in [0.5, 0.6) is 0 Å². The van der Waals surface area contributed by atoms with E-state index in [1.807, 2.05) is 23.9 Å². The van der Waals surface area contributed by atoms with Gasteiger partial charge in [-0.1, -0.05) is 44.4 Å². The Morgan fingerprint density at radius 1 is 1.35 bits per heavy atom. The molecule has 0 spiro atoms. The zero-order chi connectivity index (χ0) is 18.9. The standard InChI is InChI=1S/C21H34O4S/c1-3-4-5-8-15(22)11-12-17-18-13-16(26-20(18)14-19(17)23)9-6-7-10-21(24)25-2/h7,10-12,15-20,22-23H,3-6,8-9,13-14H2,1-2H3/b10-7+,12-11+/t15-,16?,17+,18+,19+,20+/m0/s1. The second kappa shape index (κ2) is 11.2. The normalized spacial score (nSPS) is 32.4. The average molecular weight is 383 g/mol. The van der Waals surface area contributed by atoms with Gasteiger partial charge in [-0.2, -0.15) is 11.8 Å². The fraction of sp³-hybridized carbons (Fsp3) is 0.762. The molecule has 148 valence electrons. The maximum atomic E-state index is 11.1. The van der Waals surface area contributed by atoms with Gasteiger partial charge < -0.3 is 14.9 Å². The van der Waals surface area contributed by atoms with Crippen LogP contribution in [0, 0.1) is 11.8 Å². The third-order valence-electron chi connectivity index (χ3n) is 5.56. The van der Waals surface area contributed by atoms with Crippen molar-refractivity contribution < 1.29 is 19.7 Å². The minimum absolute atomic E-state index is 0.170. The number of allylic oxidation sites excluding steroid dienone is 1. The summed E-state index contributed by atoms with van der Waals surface area (Å²) in [6, 6.07) is 0. The number of aliphatic hydroxyl groups excluding tert-OH is 2. The highest BCUT2D eigenvalue weighted by Crippen LogP contribution is 2.52. The molecule has 2 fully saturated rings. The highest BCUT2D eigenvalue weighted by Gasteiger charge is 2.47. The first-order valence-electron chi connectivity index (χ1n) is 9.99. The number of hydrogen-bond acceptors (Lipinski definition) is 5. The number of hydrogen-bond donors (Lipinski definition) is 2. The van der Waals surface area contributed by atoms with Crippen molar-refractivity contribution in [2.24, 2.45) is 11.8 Å². The second-order valence-electron chi connectivity index (χ2n) is 7.53. The Labute approximate surface area is 162 Å². The molecule has 0 radical (unpaired) electrons. The van der Waals surface area contributed by atoms with E-state index in [0.29, 0.717) is 16.4 Å². The SMILES string of the molecule is CCCCC[C@H](O)/C=C/[C@@H]1[C@H]2CC(CC/C=C/C(=O)OC)S[C@@H]2C[C@H]1O. The predicted molar refractivity (Wildman–Crippen MR) is 107 cm³/mol. The lowest BCUT2D eigenvalue weighted by molar-refractivity contribution is -0.134. The van der Waals surface area contributed by atoms with Crippen LogP contribution in [0.25, 0.3) is 0 Å². The summed E-state index contributed by atoms with van der Waals surface area (Å²) in [5.74, 6) is 0.374. The minimum atomic E-state index is -0.388. The fourth-order valence-electron chi connectivity index (χ4n) is 4.12. The van der Waals surface area contributed by atoms with E-state index in [4.69, 9.17) is 0 Å². The highest BCUT2D eigenvalue weighted by atomic mass is 32.2. The van der Waals surface area contributed by atoms with Gasteiger partial charge in [0.1, 0.15) is 0 Å². The number of methoxy groups -OCH3 is 1. The maximum absolute atomic E-state index is 11.1. The molecule has 26 heavy (non-hydrogen) atoms. The molecule has 0 aromatic rings. The van der Waals surface area contributed by atoms with E-state index >= 15 is 0 Å². The van der Waals surface area contributed by atoms with Crippen molar-refractivity contribution in [3.8, 4) is 0 Å². The van der Waals surface area contributed by atoms with Crippen molar-refractivity contribution >= 4 is 17.7 Å². The van der Waals surface area contributed by atoms with Gasteiger partial charge in [-0.15, -0.1) is 0 Å². The smallest absolute Gasteiger partial charge is 0.330 e. The molecule has 2 rings (SSSR count). The van der Waals surface area contributed by atoms with Crippen molar-refractivity contribution in [3.63, 3.8) is 0 Å². The van der Waals surface area contributed by atoms with Gasteiger partial charge in [-0.3, -0.25) is 0 Å². The van der Waals surface area contributed by atoms with Crippen LogP contribution < -0.4 is 0 Å². The van der Waals surface area contributed by atoms with Crippen molar-refractivity contribution in [2.75, 3.05) is 7.11 Å². The molecule has 0 bridgehead atoms. The molecule has 1 aliphatic carbocycles. The average Bonchev–Trinajstić information content (AvgIpc) is 3.13. The van der Waals surface area contributed by atoms with Crippen LogP contribution in [0.4, 0.5) is 0 Å². The number of fused-ring (bicyclic) bond motifs is 1. The highest BCUT2D eigenvalue weighted by molar-refractivity contribution is 8.00.